The van der Waals surface area contributed by atoms with Crippen molar-refractivity contribution in [2.75, 3.05) is 7.05 Å². The van der Waals surface area contributed by atoms with Gasteiger partial charge in [-0.05, 0) is 34.1 Å². The fraction of sp³-hybridized carbons (Fsp3) is 0.176. The van der Waals surface area contributed by atoms with Crippen LogP contribution < -0.4 is 10.6 Å². The van der Waals surface area contributed by atoms with Crippen molar-refractivity contribution in [1.29, 1.82) is 0 Å². The lowest BCUT2D eigenvalue weighted by molar-refractivity contribution is -0.123. The van der Waals surface area contributed by atoms with E-state index >= 15 is 0 Å². The van der Waals surface area contributed by atoms with Crippen LogP contribution in [0.1, 0.15) is 10.5 Å². The van der Waals surface area contributed by atoms with Gasteiger partial charge >= 0.3 is 0 Å². The number of carbonyl (C=O) groups is 2. The topological polar surface area (TPSA) is 88.9 Å². The summed E-state index contributed by atoms with van der Waals surface area (Å²) in [5, 5.41) is 10.4. The van der Waals surface area contributed by atoms with Gasteiger partial charge in [0, 0.05) is 29.4 Å². The molecule has 2 unspecified atom stereocenters. The SMILES string of the molecule is CNC(=O)C1C=C(Cl)C=C(Cl)C1NC(=O)c1cc(Br)nn1-c1ncccc1Cl. The molecule has 0 spiro atoms. The fourth-order valence-electron chi connectivity index (χ4n) is 2.69. The van der Waals surface area contributed by atoms with Crippen molar-refractivity contribution in [3.8, 4) is 5.82 Å². The summed E-state index contributed by atoms with van der Waals surface area (Å²) in [6, 6.07) is 4.02. The van der Waals surface area contributed by atoms with E-state index in [-0.39, 0.29) is 22.5 Å². The maximum atomic E-state index is 13.0. The van der Waals surface area contributed by atoms with Crippen LogP contribution in [0.15, 0.2) is 51.2 Å². The second-order valence-electron chi connectivity index (χ2n) is 5.74. The van der Waals surface area contributed by atoms with Crippen molar-refractivity contribution in [3.63, 3.8) is 0 Å². The number of rotatable bonds is 4. The molecule has 2 aromatic rings. The van der Waals surface area contributed by atoms with E-state index in [1.54, 1.807) is 12.1 Å². The van der Waals surface area contributed by atoms with Crippen molar-refractivity contribution >= 4 is 62.5 Å². The van der Waals surface area contributed by atoms with Crippen LogP contribution in [0.2, 0.25) is 5.02 Å². The highest BCUT2D eigenvalue weighted by molar-refractivity contribution is 9.10. The molecule has 0 bridgehead atoms. The Balaban J connectivity index is 1.94. The molecule has 2 heterocycles. The Labute approximate surface area is 183 Å². The minimum atomic E-state index is -0.794. The predicted molar refractivity (Wildman–Crippen MR) is 111 cm³/mol. The Morgan fingerprint density at radius 2 is 2.04 bits per heavy atom. The fourth-order valence-corrected chi connectivity index (χ4v) is 3.88. The quantitative estimate of drug-likeness (QED) is 0.667. The number of hydrogen-bond acceptors (Lipinski definition) is 4. The van der Waals surface area contributed by atoms with E-state index < -0.39 is 17.9 Å². The largest absolute Gasteiger partial charge is 0.359 e. The van der Waals surface area contributed by atoms with E-state index in [0.29, 0.717) is 14.7 Å². The van der Waals surface area contributed by atoms with Gasteiger partial charge in [0.1, 0.15) is 10.3 Å². The van der Waals surface area contributed by atoms with E-state index in [4.69, 9.17) is 34.8 Å². The number of carbonyl (C=O) groups excluding carboxylic acids is 2. The van der Waals surface area contributed by atoms with Gasteiger partial charge in [0.05, 0.1) is 17.0 Å². The number of amides is 2. The van der Waals surface area contributed by atoms with Gasteiger partial charge in [0.2, 0.25) is 5.91 Å². The van der Waals surface area contributed by atoms with Gasteiger partial charge in [-0.1, -0.05) is 40.9 Å². The molecule has 11 heteroatoms. The third-order valence-electron chi connectivity index (χ3n) is 3.96. The molecule has 146 valence electrons. The van der Waals surface area contributed by atoms with E-state index in [1.165, 1.54) is 36.1 Å². The lowest BCUT2D eigenvalue weighted by atomic mass is 9.93. The highest BCUT2D eigenvalue weighted by Gasteiger charge is 2.34. The molecule has 1 aliphatic carbocycles. The molecule has 0 saturated heterocycles. The minimum absolute atomic E-state index is 0.160. The van der Waals surface area contributed by atoms with Crippen molar-refractivity contribution < 1.29 is 9.59 Å². The average molecular weight is 506 g/mol. The Morgan fingerprint density at radius 3 is 2.71 bits per heavy atom. The molecule has 2 atom stereocenters. The summed E-state index contributed by atoms with van der Waals surface area (Å²) in [7, 11) is 1.49. The van der Waals surface area contributed by atoms with Gasteiger partial charge in [0.25, 0.3) is 5.91 Å². The van der Waals surface area contributed by atoms with Gasteiger partial charge in [-0.25, -0.2) is 9.67 Å². The van der Waals surface area contributed by atoms with E-state index in [2.05, 4.69) is 36.6 Å². The molecular weight excluding hydrogens is 492 g/mol. The molecule has 7 nitrogen and oxygen atoms in total. The van der Waals surface area contributed by atoms with Gasteiger partial charge in [-0.15, -0.1) is 0 Å². The van der Waals surface area contributed by atoms with Crippen LogP contribution in [0.3, 0.4) is 0 Å². The van der Waals surface area contributed by atoms with E-state index in [9.17, 15) is 9.59 Å². The van der Waals surface area contributed by atoms with Crippen LogP contribution in [0.5, 0.6) is 0 Å². The van der Waals surface area contributed by atoms with Crippen LogP contribution in [0.25, 0.3) is 5.82 Å². The van der Waals surface area contributed by atoms with Gasteiger partial charge in [0.15, 0.2) is 5.82 Å². The normalized spacial score (nSPS) is 18.9. The van der Waals surface area contributed by atoms with Gasteiger partial charge < -0.3 is 10.6 Å². The lowest BCUT2D eigenvalue weighted by Gasteiger charge is -2.27. The van der Waals surface area contributed by atoms with Crippen LogP contribution in [-0.2, 0) is 4.79 Å². The summed E-state index contributed by atoms with van der Waals surface area (Å²) in [4.78, 5) is 29.4. The maximum absolute atomic E-state index is 13.0. The van der Waals surface area contributed by atoms with Crippen LogP contribution in [0, 0.1) is 5.92 Å². The van der Waals surface area contributed by atoms with E-state index in [1.807, 2.05) is 0 Å². The number of allylic oxidation sites excluding steroid dienone is 2. The number of pyridine rings is 1. The summed E-state index contributed by atoms with van der Waals surface area (Å²) in [6.45, 7) is 0. The Morgan fingerprint density at radius 1 is 1.29 bits per heavy atom. The highest BCUT2D eigenvalue weighted by atomic mass is 79.9. The van der Waals surface area contributed by atoms with Crippen molar-refractivity contribution in [2.45, 2.75) is 6.04 Å². The van der Waals surface area contributed by atoms with Crippen LogP contribution >= 0.6 is 50.7 Å². The summed E-state index contributed by atoms with van der Waals surface area (Å²) >= 11 is 21.7. The highest BCUT2D eigenvalue weighted by Crippen LogP contribution is 2.29. The summed E-state index contributed by atoms with van der Waals surface area (Å²) in [5.74, 6) is -1.33. The molecule has 0 aromatic carbocycles. The first-order valence-electron chi connectivity index (χ1n) is 7.95. The molecule has 0 saturated carbocycles. The first-order valence-corrected chi connectivity index (χ1v) is 9.88. The molecule has 0 fully saturated rings. The molecule has 2 N–H and O–H groups in total. The first-order chi connectivity index (χ1) is 13.3. The standard InChI is InChI=1S/C17H13BrCl3N5O2/c1-22-16(27)9-5-8(19)6-11(21)14(9)24-17(28)12-7-13(18)25-26(12)15-10(20)3-2-4-23-15/h2-7,9,14H,1H3,(H,22,27)(H,24,28). The summed E-state index contributed by atoms with van der Waals surface area (Å²) in [6.07, 6.45) is 4.55. The van der Waals surface area contributed by atoms with Gasteiger partial charge in [-0.2, -0.15) is 5.10 Å². The Bertz CT molecular complexity index is 1000. The number of hydrogen-bond donors (Lipinski definition) is 2. The molecule has 1 aliphatic rings. The number of nitrogens with zero attached hydrogens (tertiary/aromatic N) is 3. The van der Waals surface area contributed by atoms with Crippen LogP contribution in [-0.4, -0.2) is 39.7 Å². The van der Waals surface area contributed by atoms with E-state index in [0.717, 1.165) is 0 Å². The molecule has 0 aliphatic heterocycles. The monoisotopic (exact) mass is 503 g/mol. The zero-order chi connectivity index (χ0) is 20.4. The molecular formula is C17H13BrCl3N5O2. The zero-order valence-corrected chi connectivity index (χ0v) is 18.1. The molecule has 2 aromatic heterocycles. The van der Waals surface area contributed by atoms with Gasteiger partial charge in [-0.3, -0.25) is 9.59 Å². The Kier molecular flexibility index (Phi) is 6.44. The third kappa shape index (κ3) is 4.25. The molecule has 2 amide bonds. The zero-order valence-electron chi connectivity index (χ0n) is 14.3. The second-order valence-corrected chi connectivity index (χ2v) is 7.84. The number of nitrogens with one attached hydrogen (secondary N) is 2. The Hall–Kier alpha value is -1.87. The van der Waals surface area contributed by atoms with Crippen LogP contribution in [0.4, 0.5) is 0 Å². The number of halogens is 4. The minimum Gasteiger partial charge on any atom is -0.359 e. The predicted octanol–water partition coefficient (Wildman–Crippen LogP) is 3.40. The number of aromatic nitrogens is 3. The molecule has 28 heavy (non-hydrogen) atoms. The third-order valence-corrected chi connectivity index (χ3v) is 5.22. The molecule has 0 radical (unpaired) electrons. The van der Waals surface area contributed by atoms with Crippen molar-refractivity contribution in [1.82, 2.24) is 25.4 Å². The summed E-state index contributed by atoms with van der Waals surface area (Å²) in [5.41, 5.74) is 0.160. The second kappa shape index (κ2) is 8.65. The maximum Gasteiger partial charge on any atom is 0.270 e. The smallest absolute Gasteiger partial charge is 0.270 e. The lowest BCUT2D eigenvalue weighted by Crippen LogP contribution is -2.47. The van der Waals surface area contributed by atoms with Crippen molar-refractivity contribution in [3.05, 3.63) is 61.9 Å². The van der Waals surface area contributed by atoms with Crippen molar-refractivity contribution in [2.24, 2.45) is 5.92 Å². The molecule has 3 rings (SSSR count). The summed E-state index contributed by atoms with van der Waals surface area (Å²) < 4.78 is 1.72. The average Bonchev–Trinajstić information content (AvgIpc) is 3.05. The first kappa shape index (κ1) is 20.9.